The number of nitrogens with zero attached hydrogens (tertiary/aromatic N) is 2. The highest BCUT2D eigenvalue weighted by Gasteiger charge is 2.22. The molecule has 16 heavy (non-hydrogen) atoms. The minimum Gasteiger partial charge on any atom is -0.340 e. The van der Waals surface area contributed by atoms with Gasteiger partial charge in [-0.3, -0.25) is 4.79 Å². The molecule has 0 unspecified atom stereocenters. The average molecular weight is 239 g/mol. The molecule has 4 heteroatoms. The zero-order valence-corrected chi connectivity index (χ0v) is 10.1. The normalized spacial score (nSPS) is 15.6. The highest BCUT2D eigenvalue weighted by atomic mass is 35.5. The number of halogens is 1. The monoisotopic (exact) mass is 238 g/mol. The van der Waals surface area contributed by atoms with Crippen LogP contribution in [0.2, 0.25) is 5.15 Å². The molecule has 1 saturated carbocycles. The quantitative estimate of drug-likeness (QED) is 0.759. The molecule has 0 aliphatic heterocycles. The van der Waals surface area contributed by atoms with Gasteiger partial charge in [-0.25, -0.2) is 4.98 Å². The summed E-state index contributed by atoms with van der Waals surface area (Å²) >= 11 is 5.76. The van der Waals surface area contributed by atoms with Crippen LogP contribution in [-0.2, 0) is 0 Å². The van der Waals surface area contributed by atoms with Crippen LogP contribution in [0, 0.1) is 5.92 Å². The van der Waals surface area contributed by atoms with Gasteiger partial charge in [0, 0.05) is 13.6 Å². The Morgan fingerprint density at radius 3 is 2.88 bits per heavy atom. The molecule has 0 saturated heterocycles. The largest absolute Gasteiger partial charge is 0.340 e. The zero-order valence-electron chi connectivity index (χ0n) is 9.32. The Labute approximate surface area is 100 Å². The Morgan fingerprint density at radius 2 is 2.31 bits per heavy atom. The molecule has 0 spiro atoms. The van der Waals surface area contributed by atoms with E-state index in [1.807, 2.05) is 7.05 Å². The Kier molecular flexibility index (Phi) is 3.44. The van der Waals surface area contributed by atoms with Crippen LogP contribution in [0.5, 0.6) is 0 Å². The van der Waals surface area contributed by atoms with Gasteiger partial charge in [0.15, 0.2) is 0 Å². The molecule has 1 aromatic rings. The summed E-state index contributed by atoms with van der Waals surface area (Å²) in [5.74, 6) is 0.627. The molecule has 1 fully saturated rings. The maximum Gasteiger partial charge on any atom is 0.272 e. The maximum atomic E-state index is 12.0. The number of rotatable bonds is 3. The van der Waals surface area contributed by atoms with Gasteiger partial charge >= 0.3 is 0 Å². The lowest BCUT2D eigenvalue weighted by Crippen LogP contribution is -2.34. The summed E-state index contributed by atoms with van der Waals surface area (Å²) in [4.78, 5) is 17.7. The van der Waals surface area contributed by atoms with Crippen molar-refractivity contribution in [2.75, 3.05) is 13.6 Å². The molecule has 0 aromatic carbocycles. The van der Waals surface area contributed by atoms with Gasteiger partial charge < -0.3 is 4.90 Å². The standard InChI is InChI=1S/C12H15ClN2O/c1-15(8-9-4-2-5-9)12(16)10-6-3-7-11(13)14-10/h3,6-7,9H,2,4-5,8H2,1H3. The van der Waals surface area contributed by atoms with E-state index in [1.54, 1.807) is 23.1 Å². The van der Waals surface area contributed by atoms with Crippen LogP contribution in [0.25, 0.3) is 0 Å². The Hall–Kier alpha value is -1.09. The number of hydrogen-bond acceptors (Lipinski definition) is 2. The SMILES string of the molecule is CN(CC1CCC1)C(=O)c1cccc(Cl)n1. The van der Waals surface area contributed by atoms with Crippen LogP contribution >= 0.6 is 11.6 Å². The van der Waals surface area contributed by atoms with Gasteiger partial charge in [0.05, 0.1) is 0 Å². The van der Waals surface area contributed by atoms with Crippen molar-refractivity contribution in [1.29, 1.82) is 0 Å². The van der Waals surface area contributed by atoms with Crippen molar-refractivity contribution >= 4 is 17.5 Å². The van der Waals surface area contributed by atoms with E-state index < -0.39 is 0 Å². The maximum absolute atomic E-state index is 12.0. The first-order valence-electron chi connectivity index (χ1n) is 5.55. The first kappa shape index (κ1) is 11.4. The molecular weight excluding hydrogens is 224 g/mol. The third-order valence-electron chi connectivity index (χ3n) is 3.04. The molecule has 1 aliphatic carbocycles. The van der Waals surface area contributed by atoms with E-state index >= 15 is 0 Å². The van der Waals surface area contributed by atoms with E-state index in [-0.39, 0.29) is 5.91 Å². The second-order valence-corrected chi connectivity index (χ2v) is 4.72. The third kappa shape index (κ3) is 2.53. The minimum atomic E-state index is -0.0469. The van der Waals surface area contributed by atoms with E-state index in [9.17, 15) is 4.79 Å². The van der Waals surface area contributed by atoms with Crippen LogP contribution in [0.15, 0.2) is 18.2 Å². The summed E-state index contributed by atoms with van der Waals surface area (Å²) in [6.07, 6.45) is 3.77. The number of carbonyl (C=O) groups is 1. The lowest BCUT2D eigenvalue weighted by Gasteiger charge is -2.29. The van der Waals surface area contributed by atoms with E-state index in [1.165, 1.54) is 19.3 Å². The van der Waals surface area contributed by atoms with E-state index in [2.05, 4.69) is 4.98 Å². The third-order valence-corrected chi connectivity index (χ3v) is 3.25. The highest BCUT2D eigenvalue weighted by Crippen LogP contribution is 2.27. The van der Waals surface area contributed by atoms with Gasteiger partial charge in [0.25, 0.3) is 5.91 Å². The van der Waals surface area contributed by atoms with Crippen LogP contribution in [0.1, 0.15) is 29.8 Å². The number of hydrogen-bond donors (Lipinski definition) is 0. The predicted molar refractivity (Wildman–Crippen MR) is 63.5 cm³/mol. The fourth-order valence-corrected chi connectivity index (χ4v) is 2.03. The molecule has 1 aromatic heterocycles. The van der Waals surface area contributed by atoms with Gasteiger partial charge in [-0.15, -0.1) is 0 Å². The molecule has 1 amide bonds. The number of amides is 1. The van der Waals surface area contributed by atoms with Crippen molar-refractivity contribution in [3.63, 3.8) is 0 Å². The summed E-state index contributed by atoms with van der Waals surface area (Å²) in [7, 11) is 1.82. The van der Waals surface area contributed by atoms with Gasteiger partial charge in [-0.1, -0.05) is 24.1 Å². The Morgan fingerprint density at radius 1 is 1.56 bits per heavy atom. The van der Waals surface area contributed by atoms with Crippen LogP contribution in [-0.4, -0.2) is 29.4 Å². The van der Waals surface area contributed by atoms with Crippen LogP contribution in [0.4, 0.5) is 0 Å². The summed E-state index contributed by atoms with van der Waals surface area (Å²) in [6.45, 7) is 0.826. The predicted octanol–water partition coefficient (Wildman–Crippen LogP) is 2.61. The fraction of sp³-hybridized carbons (Fsp3) is 0.500. The van der Waals surface area contributed by atoms with Crippen molar-refractivity contribution < 1.29 is 4.79 Å². The van der Waals surface area contributed by atoms with Crippen molar-refractivity contribution in [3.8, 4) is 0 Å². The van der Waals surface area contributed by atoms with Crippen molar-refractivity contribution in [3.05, 3.63) is 29.0 Å². The first-order valence-corrected chi connectivity index (χ1v) is 5.92. The van der Waals surface area contributed by atoms with Gasteiger partial charge in [-0.05, 0) is 30.9 Å². The molecule has 0 atom stereocenters. The Balaban J connectivity index is 2.00. The van der Waals surface area contributed by atoms with Crippen LogP contribution < -0.4 is 0 Å². The van der Waals surface area contributed by atoms with E-state index in [0.717, 1.165) is 6.54 Å². The lowest BCUT2D eigenvalue weighted by molar-refractivity contribution is 0.0739. The van der Waals surface area contributed by atoms with Crippen molar-refractivity contribution in [1.82, 2.24) is 9.88 Å². The molecule has 1 aliphatic rings. The van der Waals surface area contributed by atoms with Crippen LogP contribution in [0.3, 0.4) is 0 Å². The molecule has 0 N–H and O–H groups in total. The molecule has 0 bridgehead atoms. The number of aromatic nitrogens is 1. The minimum absolute atomic E-state index is 0.0469. The van der Waals surface area contributed by atoms with Gasteiger partial charge in [0.2, 0.25) is 0 Å². The molecule has 1 heterocycles. The van der Waals surface area contributed by atoms with E-state index in [4.69, 9.17) is 11.6 Å². The molecule has 2 rings (SSSR count). The van der Waals surface area contributed by atoms with Gasteiger partial charge in [0.1, 0.15) is 10.8 Å². The van der Waals surface area contributed by atoms with Crippen molar-refractivity contribution in [2.24, 2.45) is 5.92 Å². The molecule has 3 nitrogen and oxygen atoms in total. The van der Waals surface area contributed by atoms with E-state index in [0.29, 0.717) is 16.8 Å². The zero-order chi connectivity index (χ0) is 11.5. The summed E-state index contributed by atoms with van der Waals surface area (Å²) in [5.41, 5.74) is 0.425. The fourth-order valence-electron chi connectivity index (χ4n) is 1.87. The first-order chi connectivity index (χ1) is 7.66. The van der Waals surface area contributed by atoms with Crippen molar-refractivity contribution in [2.45, 2.75) is 19.3 Å². The number of pyridine rings is 1. The lowest BCUT2D eigenvalue weighted by atomic mass is 9.85. The molecule has 86 valence electrons. The summed E-state index contributed by atoms with van der Waals surface area (Å²) < 4.78 is 0. The topological polar surface area (TPSA) is 33.2 Å². The second-order valence-electron chi connectivity index (χ2n) is 4.33. The molecular formula is C12H15ClN2O. The highest BCUT2D eigenvalue weighted by molar-refractivity contribution is 6.29. The molecule has 0 radical (unpaired) electrons. The van der Waals surface area contributed by atoms with Gasteiger partial charge in [-0.2, -0.15) is 0 Å². The number of carbonyl (C=O) groups excluding carboxylic acids is 1. The Bertz CT molecular complexity index is 390. The smallest absolute Gasteiger partial charge is 0.272 e. The average Bonchev–Trinajstić information content (AvgIpc) is 2.22. The second kappa shape index (κ2) is 4.83. The summed E-state index contributed by atoms with van der Waals surface area (Å²) in [6, 6.07) is 5.12. The summed E-state index contributed by atoms with van der Waals surface area (Å²) in [5, 5.41) is 0.364.